The van der Waals surface area contributed by atoms with Gasteiger partial charge in [-0.05, 0) is 23.8 Å². The first-order valence-corrected chi connectivity index (χ1v) is 8.06. The third kappa shape index (κ3) is 3.32. The number of hydrogen-bond donors (Lipinski definition) is 4. The first-order valence-electron chi connectivity index (χ1n) is 8.06. The van der Waals surface area contributed by atoms with Crippen LogP contribution in [-0.4, -0.2) is 26.4 Å². The summed E-state index contributed by atoms with van der Waals surface area (Å²) in [6.45, 7) is 0. The maximum Gasteiger partial charge on any atom is 0.323 e. The molecular formula is C19H16N6O. The normalized spacial score (nSPS) is 10.5. The second-order valence-corrected chi connectivity index (χ2v) is 5.65. The van der Waals surface area contributed by atoms with E-state index in [-0.39, 0.29) is 6.03 Å². The van der Waals surface area contributed by atoms with Crippen molar-refractivity contribution >= 4 is 17.4 Å². The molecule has 0 radical (unpaired) electrons. The van der Waals surface area contributed by atoms with Crippen LogP contribution in [0.5, 0.6) is 0 Å². The molecular weight excluding hydrogens is 328 g/mol. The molecule has 2 aromatic heterocycles. The van der Waals surface area contributed by atoms with Gasteiger partial charge in [-0.2, -0.15) is 10.2 Å². The van der Waals surface area contributed by atoms with Crippen molar-refractivity contribution in [2.24, 2.45) is 0 Å². The summed E-state index contributed by atoms with van der Waals surface area (Å²) < 4.78 is 0. The summed E-state index contributed by atoms with van der Waals surface area (Å²) >= 11 is 0. The highest BCUT2D eigenvalue weighted by molar-refractivity contribution is 6.01. The van der Waals surface area contributed by atoms with Crippen LogP contribution in [-0.2, 0) is 0 Å². The van der Waals surface area contributed by atoms with Gasteiger partial charge < -0.3 is 10.6 Å². The summed E-state index contributed by atoms with van der Waals surface area (Å²) in [5.41, 5.74) is 4.93. The number of aromatic amines is 2. The van der Waals surface area contributed by atoms with Crippen molar-refractivity contribution in [3.05, 3.63) is 73.1 Å². The van der Waals surface area contributed by atoms with Gasteiger partial charge in [0.2, 0.25) is 0 Å². The number of nitrogens with one attached hydrogen (secondary N) is 4. The molecule has 0 spiro atoms. The molecule has 0 saturated heterocycles. The Morgan fingerprint density at radius 1 is 0.808 bits per heavy atom. The molecule has 0 saturated carbocycles. The quantitative estimate of drug-likeness (QED) is 0.448. The largest absolute Gasteiger partial charge is 0.323 e. The number of urea groups is 1. The van der Waals surface area contributed by atoms with E-state index < -0.39 is 0 Å². The van der Waals surface area contributed by atoms with Gasteiger partial charge in [0.15, 0.2) is 0 Å². The van der Waals surface area contributed by atoms with Gasteiger partial charge >= 0.3 is 6.03 Å². The Morgan fingerprint density at radius 3 is 2.35 bits per heavy atom. The van der Waals surface area contributed by atoms with Crippen LogP contribution in [0.3, 0.4) is 0 Å². The number of aromatic nitrogens is 4. The van der Waals surface area contributed by atoms with Crippen molar-refractivity contribution in [3.63, 3.8) is 0 Å². The average Bonchev–Trinajstić information content (AvgIpc) is 3.35. The summed E-state index contributed by atoms with van der Waals surface area (Å²) in [4.78, 5) is 12.3. The molecule has 0 atom stereocenters. The molecule has 0 aliphatic heterocycles. The molecule has 0 aliphatic rings. The van der Waals surface area contributed by atoms with E-state index in [4.69, 9.17) is 0 Å². The number of benzene rings is 2. The minimum atomic E-state index is -0.335. The molecule has 4 N–H and O–H groups in total. The standard InChI is InChI=1S/C19H16N6O/c26-19(22-15-8-6-13(7-9-15)16-10-11-20-24-16)23-17-12-21-25-18(17)14-4-2-1-3-5-14/h1-12H,(H,20,24)(H,21,25)(H2,22,23,26). The van der Waals surface area contributed by atoms with Crippen LogP contribution in [0.4, 0.5) is 16.2 Å². The van der Waals surface area contributed by atoms with Gasteiger partial charge in [-0.1, -0.05) is 42.5 Å². The maximum atomic E-state index is 12.3. The van der Waals surface area contributed by atoms with Crippen molar-refractivity contribution in [2.75, 3.05) is 10.6 Å². The molecule has 4 aromatic rings. The smallest absolute Gasteiger partial charge is 0.308 e. The lowest BCUT2D eigenvalue weighted by molar-refractivity contribution is 0.262. The van der Waals surface area contributed by atoms with Crippen LogP contribution in [0.2, 0.25) is 0 Å². The summed E-state index contributed by atoms with van der Waals surface area (Å²) in [7, 11) is 0. The Hall–Kier alpha value is -3.87. The Kier molecular flexibility index (Phi) is 4.17. The average molecular weight is 344 g/mol. The molecule has 128 valence electrons. The molecule has 0 aliphatic carbocycles. The topological polar surface area (TPSA) is 98.5 Å². The number of rotatable bonds is 4. The van der Waals surface area contributed by atoms with E-state index >= 15 is 0 Å². The molecule has 4 rings (SSSR count). The fourth-order valence-electron chi connectivity index (χ4n) is 2.64. The molecule has 2 heterocycles. The van der Waals surface area contributed by atoms with Crippen molar-refractivity contribution < 1.29 is 4.79 Å². The van der Waals surface area contributed by atoms with E-state index in [2.05, 4.69) is 31.0 Å². The summed E-state index contributed by atoms with van der Waals surface area (Å²) in [5.74, 6) is 0. The number of carbonyl (C=O) groups excluding carboxylic acids is 1. The molecule has 7 nitrogen and oxygen atoms in total. The maximum absolute atomic E-state index is 12.3. The van der Waals surface area contributed by atoms with Gasteiger partial charge in [0.1, 0.15) is 0 Å². The van der Waals surface area contributed by atoms with E-state index in [1.54, 1.807) is 12.4 Å². The summed E-state index contributed by atoms with van der Waals surface area (Å²) in [6, 6.07) is 18.8. The highest BCUT2D eigenvalue weighted by Gasteiger charge is 2.11. The van der Waals surface area contributed by atoms with E-state index in [9.17, 15) is 4.79 Å². The predicted molar refractivity (Wildman–Crippen MR) is 101 cm³/mol. The Balaban J connectivity index is 1.44. The fraction of sp³-hybridized carbons (Fsp3) is 0. The first-order chi connectivity index (χ1) is 12.8. The Bertz CT molecular complexity index is 990. The lowest BCUT2D eigenvalue weighted by atomic mass is 10.1. The van der Waals surface area contributed by atoms with Crippen LogP contribution in [0.25, 0.3) is 22.5 Å². The van der Waals surface area contributed by atoms with Crippen molar-refractivity contribution in [1.82, 2.24) is 20.4 Å². The first kappa shape index (κ1) is 15.6. The molecule has 0 unspecified atom stereocenters. The highest BCUT2D eigenvalue weighted by Crippen LogP contribution is 2.25. The monoisotopic (exact) mass is 344 g/mol. The number of carbonyl (C=O) groups is 1. The van der Waals surface area contributed by atoms with E-state index in [0.717, 1.165) is 22.5 Å². The number of amides is 2. The predicted octanol–water partition coefficient (Wildman–Crippen LogP) is 4.11. The lowest BCUT2D eigenvalue weighted by Crippen LogP contribution is -2.19. The van der Waals surface area contributed by atoms with Crippen LogP contribution >= 0.6 is 0 Å². The van der Waals surface area contributed by atoms with Gasteiger partial charge in [0.25, 0.3) is 0 Å². The minimum absolute atomic E-state index is 0.335. The SMILES string of the molecule is O=C(Nc1ccc(-c2ccn[nH]2)cc1)Nc1cn[nH]c1-c1ccccc1. The second kappa shape index (κ2) is 6.94. The van der Waals surface area contributed by atoms with Crippen LogP contribution < -0.4 is 10.6 Å². The lowest BCUT2D eigenvalue weighted by Gasteiger charge is -2.08. The molecule has 2 amide bonds. The van der Waals surface area contributed by atoms with Crippen molar-refractivity contribution in [2.45, 2.75) is 0 Å². The third-order valence-electron chi connectivity index (χ3n) is 3.90. The van der Waals surface area contributed by atoms with E-state index in [1.165, 1.54) is 0 Å². The molecule has 7 heteroatoms. The van der Waals surface area contributed by atoms with Gasteiger partial charge in [-0.15, -0.1) is 0 Å². The highest BCUT2D eigenvalue weighted by atomic mass is 16.2. The fourth-order valence-corrected chi connectivity index (χ4v) is 2.64. The van der Waals surface area contributed by atoms with Crippen LogP contribution in [0.15, 0.2) is 73.1 Å². The zero-order chi connectivity index (χ0) is 17.8. The zero-order valence-electron chi connectivity index (χ0n) is 13.7. The van der Waals surface area contributed by atoms with Crippen molar-refractivity contribution in [3.8, 4) is 22.5 Å². The van der Waals surface area contributed by atoms with Gasteiger partial charge in [0, 0.05) is 17.4 Å². The molecule has 0 bridgehead atoms. The Labute approximate surface area is 149 Å². The Morgan fingerprint density at radius 2 is 1.62 bits per heavy atom. The number of H-pyrrole nitrogens is 2. The second-order valence-electron chi connectivity index (χ2n) is 5.65. The summed E-state index contributed by atoms with van der Waals surface area (Å²) in [5, 5.41) is 19.4. The van der Waals surface area contributed by atoms with Crippen molar-refractivity contribution in [1.29, 1.82) is 0 Å². The molecule has 26 heavy (non-hydrogen) atoms. The van der Waals surface area contributed by atoms with Gasteiger partial charge in [-0.3, -0.25) is 10.2 Å². The number of nitrogens with zero attached hydrogens (tertiary/aromatic N) is 2. The van der Waals surface area contributed by atoms with Crippen LogP contribution in [0.1, 0.15) is 0 Å². The van der Waals surface area contributed by atoms with Gasteiger partial charge in [-0.25, -0.2) is 4.79 Å². The molecule has 2 aromatic carbocycles. The third-order valence-corrected chi connectivity index (χ3v) is 3.90. The van der Waals surface area contributed by atoms with E-state index in [1.807, 2.05) is 60.7 Å². The number of anilines is 2. The zero-order valence-corrected chi connectivity index (χ0v) is 13.7. The summed E-state index contributed by atoms with van der Waals surface area (Å²) in [6.07, 6.45) is 3.29. The minimum Gasteiger partial charge on any atom is -0.308 e. The van der Waals surface area contributed by atoms with Crippen LogP contribution in [0, 0.1) is 0 Å². The van der Waals surface area contributed by atoms with Gasteiger partial charge in [0.05, 0.1) is 23.3 Å². The van der Waals surface area contributed by atoms with E-state index in [0.29, 0.717) is 11.4 Å². The molecule has 0 fully saturated rings. The number of hydrogen-bond acceptors (Lipinski definition) is 3.